The van der Waals surface area contributed by atoms with Crippen molar-refractivity contribution in [1.29, 1.82) is 0 Å². The molecule has 0 unspecified atom stereocenters. The third-order valence-electron chi connectivity index (χ3n) is 5.07. The zero-order valence-corrected chi connectivity index (χ0v) is 15.6. The van der Waals surface area contributed by atoms with Crippen LogP contribution in [0.2, 0.25) is 0 Å². The van der Waals surface area contributed by atoms with E-state index in [1.165, 1.54) is 5.56 Å². The van der Waals surface area contributed by atoms with Crippen LogP contribution in [0.1, 0.15) is 11.1 Å². The summed E-state index contributed by atoms with van der Waals surface area (Å²) in [6.07, 6.45) is 0. The molecule has 0 saturated carbocycles. The molecule has 4 rings (SSSR count). The van der Waals surface area contributed by atoms with Crippen molar-refractivity contribution in [3.05, 3.63) is 82.1 Å². The van der Waals surface area contributed by atoms with Gasteiger partial charge in [0.1, 0.15) is 0 Å². The second-order valence-electron chi connectivity index (χ2n) is 7.02. The summed E-state index contributed by atoms with van der Waals surface area (Å²) in [6, 6.07) is 20.1. The van der Waals surface area contributed by atoms with E-state index < -0.39 is 0 Å². The number of anilines is 1. The van der Waals surface area contributed by atoms with E-state index in [1.54, 1.807) is 6.07 Å². The Morgan fingerprint density at radius 1 is 0.963 bits per heavy atom. The minimum absolute atomic E-state index is 0.107. The smallest absolute Gasteiger partial charge is 0.252 e. The first-order valence-electron chi connectivity index (χ1n) is 9.38. The summed E-state index contributed by atoms with van der Waals surface area (Å²) in [7, 11) is 0. The highest BCUT2D eigenvalue weighted by Gasteiger charge is 2.19. The lowest BCUT2D eigenvalue weighted by Crippen LogP contribution is -2.47. The Morgan fingerprint density at radius 2 is 1.67 bits per heavy atom. The summed E-state index contributed by atoms with van der Waals surface area (Å²) in [6.45, 7) is 6.61. The quantitative estimate of drug-likeness (QED) is 0.777. The normalized spacial score (nSPS) is 15.1. The van der Waals surface area contributed by atoms with E-state index >= 15 is 0 Å². The van der Waals surface area contributed by atoms with Gasteiger partial charge in [0, 0.05) is 44.4 Å². The Bertz CT molecular complexity index is 959. The molecule has 1 aliphatic heterocycles. The Hall–Kier alpha value is -2.92. The average Bonchev–Trinajstić information content (AvgIpc) is 2.69. The van der Waals surface area contributed by atoms with Crippen LogP contribution in [0.15, 0.2) is 65.5 Å². The fraction of sp³-hybridized carbons (Fsp3) is 0.273. The molecule has 0 radical (unpaired) electrons. The fourth-order valence-electron chi connectivity index (χ4n) is 3.55. The van der Waals surface area contributed by atoms with Gasteiger partial charge in [-0.25, -0.2) is 4.98 Å². The van der Waals surface area contributed by atoms with Gasteiger partial charge in [0.05, 0.1) is 5.69 Å². The zero-order chi connectivity index (χ0) is 18.6. The van der Waals surface area contributed by atoms with Crippen LogP contribution in [0, 0.1) is 6.92 Å². The maximum absolute atomic E-state index is 12.2. The third kappa shape index (κ3) is 4.09. The zero-order valence-electron chi connectivity index (χ0n) is 15.6. The summed E-state index contributed by atoms with van der Waals surface area (Å²) in [5, 5.41) is 0. The monoisotopic (exact) mass is 360 g/mol. The molecule has 1 fully saturated rings. The molecule has 1 N–H and O–H groups in total. The highest BCUT2D eigenvalue weighted by molar-refractivity contribution is 5.64. The number of nitrogens with zero attached hydrogens (tertiary/aromatic N) is 3. The van der Waals surface area contributed by atoms with Crippen molar-refractivity contribution in [2.24, 2.45) is 0 Å². The van der Waals surface area contributed by atoms with Crippen LogP contribution < -0.4 is 10.5 Å². The Kier molecular flexibility index (Phi) is 5.03. The Morgan fingerprint density at radius 3 is 2.41 bits per heavy atom. The molecule has 0 spiro atoms. The summed E-state index contributed by atoms with van der Waals surface area (Å²) >= 11 is 0. The number of H-pyrrole nitrogens is 1. The molecular formula is C22H24N4O. The molecule has 5 heteroatoms. The highest BCUT2D eigenvalue weighted by atomic mass is 16.1. The van der Waals surface area contributed by atoms with Crippen LogP contribution in [0.25, 0.3) is 11.3 Å². The van der Waals surface area contributed by atoms with Gasteiger partial charge in [-0.05, 0) is 18.1 Å². The van der Waals surface area contributed by atoms with E-state index in [9.17, 15) is 4.79 Å². The van der Waals surface area contributed by atoms with E-state index in [0.717, 1.165) is 49.5 Å². The average molecular weight is 360 g/mol. The van der Waals surface area contributed by atoms with Crippen LogP contribution in [0.5, 0.6) is 0 Å². The second-order valence-corrected chi connectivity index (χ2v) is 7.02. The van der Waals surface area contributed by atoms with Gasteiger partial charge in [-0.1, -0.05) is 54.6 Å². The SMILES string of the molecule is Cc1ccccc1-c1cc(=O)[nH]c(N2CCN(Cc3ccccc3)CC2)n1. The maximum Gasteiger partial charge on any atom is 0.252 e. The molecule has 2 aromatic carbocycles. The summed E-state index contributed by atoms with van der Waals surface area (Å²) in [5.41, 5.74) is 4.09. The van der Waals surface area contributed by atoms with Crippen LogP contribution in [0.3, 0.4) is 0 Å². The molecule has 0 aliphatic carbocycles. The minimum Gasteiger partial charge on any atom is -0.340 e. The fourth-order valence-corrected chi connectivity index (χ4v) is 3.55. The maximum atomic E-state index is 12.2. The predicted octanol–water partition coefficient (Wildman–Crippen LogP) is 3.07. The number of nitrogens with one attached hydrogen (secondary N) is 1. The number of aromatic nitrogens is 2. The minimum atomic E-state index is -0.107. The summed E-state index contributed by atoms with van der Waals surface area (Å²) in [4.78, 5) is 24.5. The van der Waals surface area contributed by atoms with Crippen LogP contribution in [-0.4, -0.2) is 41.0 Å². The molecule has 0 amide bonds. The largest absolute Gasteiger partial charge is 0.340 e. The molecule has 2 heterocycles. The van der Waals surface area contributed by atoms with Gasteiger partial charge in [-0.2, -0.15) is 0 Å². The second kappa shape index (κ2) is 7.76. The lowest BCUT2D eigenvalue weighted by atomic mass is 10.1. The number of aryl methyl sites for hydroxylation is 1. The van der Waals surface area contributed by atoms with E-state index in [4.69, 9.17) is 4.98 Å². The molecule has 1 aromatic heterocycles. The molecule has 1 saturated heterocycles. The topological polar surface area (TPSA) is 52.2 Å². The molecule has 138 valence electrons. The van der Waals surface area contributed by atoms with Gasteiger partial charge >= 0.3 is 0 Å². The van der Waals surface area contributed by atoms with Crippen molar-refractivity contribution in [2.75, 3.05) is 31.1 Å². The lowest BCUT2D eigenvalue weighted by Gasteiger charge is -2.35. The molecular weight excluding hydrogens is 336 g/mol. The molecule has 5 nitrogen and oxygen atoms in total. The lowest BCUT2D eigenvalue weighted by molar-refractivity contribution is 0.248. The number of benzene rings is 2. The highest BCUT2D eigenvalue weighted by Crippen LogP contribution is 2.22. The Labute approximate surface area is 159 Å². The number of rotatable bonds is 4. The molecule has 27 heavy (non-hydrogen) atoms. The Balaban J connectivity index is 1.49. The van der Waals surface area contributed by atoms with Crippen LogP contribution in [0.4, 0.5) is 5.95 Å². The van der Waals surface area contributed by atoms with Crippen LogP contribution in [-0.2, 0) is 6.54 Å². The molecule has 1 aliphatic rings. The number of hydrogen-bond acceptors (Lipinski definition) is 4. The first kappa shape index (κ1) is 17.5. The first-order valence-corrected chi connectivity index (χ1v) is 9.38. The summed E-state index contributed by atoms with van der Waals surface area (Å²) in [5.74, 6) is 0.667. The van der Waals surface area contributed by atoms with Crippen molar-refractivity contribution in [3.8, 4) is 11.3 Å². The van der Waals surface area contributed by atoms with Gasteiger partial charge in [0.2, 0.25) is 5.95 Å². The van der Waals surface area contributed by atoms with E-state index in [1.807, 2.05) is 37.3 Å². The molecule has 0 bridgehead atoms. The van der Waals surface area contributed by atoms with E-state index in [-0.39, 0.29) is 5.56 Å². The van der Waals surface area contributed by atoms with Gasteiger partial charge in [0.15, 0.2) is 0 Å². The first-order chi connectivity index (χ1) is 13.2. The van der Waals surface area contributed by atoms with Gasteiger partial charge in [0.25, 0.3) is 5.56 Å². The summed E-state index contributed by atoms with van der Waals surface area (Å²) < 4.78 is 0. The van der Waals surface area contributed by atoms with Gasteiger partial charge in [-0.15, -0.1) is 0 Å². The third-order valence-corrected chi connectivity index (χ3v) is 5.07. The number of aromatic amines is 1. The van der Waals surface area contributed by atoms with Crippen LogP contribution >= 0.6 is 0 Å². The van der Waals surface area contributed by atoms with Gasteiger partial charge in [-0.3, -0.25) is 14.7 Å². The molecule has 0 atom stereocenters. The number of hydrogen-bond donors (Lipinski definition) is 1. The predicted molar refractivity (Wildman–Crippen MR) is 109 cm³/mol. The standard InChI is InChI=1S/C22H24N4O/c1-17-7-5-6-10-19(17)20-15-21(27)24-22(23-20)26-13-11-25(12-14-26)16-18-8-3-2-4-9-18/h2-10,15H,11-14,16H2,1H3,(H,23,24,27). The van der Waals surface area contributed by atoms with Crippen molar-refractivity contribution in [1.82, 2.24) is 14.9 Å². The molecule has 3 aromatic rings. The van der Waals surface area contributed by atoms with Crippen molar-refractivity contribution < 1.29 is 0 Å². The van der Waals surface area contributed by atoms with Crippen molar-refractivity contribution in [2.45, 2.75) is 13.5 Å². The van der Waals surface area contributed by atoms with Crippen molar-refractivity contribution in [3.63, 3.8) is 0 Å². The number of piperazine rings is 1. The van der Waals surface area contributed by atoms with Crippen molar-refractivity contribution >= 4 is 5.95 Å². The van der Waals surface area contributed by atoms with E-state index in [2.05, 4.69) is 39.0 Å². The van der Waals surface area contributed by atoms with E-state index in [0.29, 0.717) is 5.95 Å². The van der Waals surface area contributed by atoms with Gasteiger partial charge < -0.3 is 4.90 Å².